The normalized spacial score (nSPS) is 22.7. The van der Waals surface area contributed by atoms with Crippen molar-refractivity contribution >= 4 is 0 Å². The van der Waals surface area contributed by atoms with Crippen LogP contribution in [0.1, 0.15) is 50.8 Å². The fourth-order valence-corrected chi connectivity index (χ4v) is 2.39. The van der Waals surface area contributed by atoms with E-state index in [-0.39, 0.29) is 17.6 Å². The molecule has 2 nitrogen and oxygen atoms in total. The molecule has 2 N–H and O–H groups in total. The molecule has 0 radical (unpaired) electrons. The first-order chi connectivity index (χ1) is 7.98. The van der Waals surface area contributed by atoms with Gasteiger partial charge in [-0.15, -0.1) is 0 Å². The molecule has 2 atom stereocenters. The number of hydrogen-bond acceptors (Lipinski definition) is 2. The molecule has 1 aromatic carbocycles. The van der Waals surface area contributed by atoms with E-state index in [2.05, 4.69) is 50.4 Å². The predicted octanol–water partition coefficient (Wildman–Crippen LogP) is 2.77. The van der Waals surface area contributed by atoms with Crippen LogP contribution in [0.4, 0.5) is 0 Å². The quantitative estimate of drug-likeness (QED) is 0.823. The number of benzene rings is 1. The Labute approximate surface area is 104 Å². The molecule has 0 bridgehead atoms. The highest BCUT2D eigenvalue weighted by Crippen LogP contribution is 2.26. The summed E-state index contributed by atoms with van der Waals surface area (Å²) < 4.78 is 0. The SMILES string of the molecule is CC(C)(C)c1ccc([C@H](O)[C@H]2CCCN2)cc1. The first-order valence-electron chi connectivity index (χ1n) is 6.50. The van der Waals surface area contributed by atoms with Crippen molar-refractivity contribution in [2.24, 2.45) is 0 Å². The zero-order valence-corrected chi connectivity index (χ0v) is 11.0. The van der Waals surface area contributed by atoms with E-state index in [9.17, 15) is 5.11 Å². The van der Waals surface area contributed by atoms with E-state index in [1.165, 1.54) is 12.0 Å². The summed E-state index contributed by atoms with van der Waals surface area (Å²) in [5.74, 6) is 0. The van der Waals surface area contributed by atoms with Gasteiger partial charge in [0.15, 0.2) is 0 Å². The van der Waals surface area contributed by atoms with Gasteiger partial charge in [-0.25, -0.2) is 0 Å². The average molecular weight is 233 g/mol. The molecule has 0 spiro atoms. The van der Waals surface area contributed by atoms with Crippen LogP contribution >= 0.6 is 0 Å². The highest BCUT2D eigenvalue weighted by Gasteiger charge is 2.24. The summed E-state index contributed by atoms with van der Waals surface area (Å²) in [4.78, 5) is 0. The maximum absolute atomic E-state index is 10.3. The van der Waals surface area contributed by atoms with Gasteiger partial charge in [0, 0.05) is 6.04 Å². The maximum atomic E-state index is 10.3. The fraction of sp³-hybridized carbons (Fsp3) is 0.600. The van der Waals surface area contributed by atoms with Gasteiger partial charge in [-0.1, -0.05) is 45.0 Å². The molecule has 1 aromatic rings. The number of aliphatic hydroxyl groups is 1. The molecule has 17 heavy (non-hydrogen) atoms. The summed E-state index contributed by atoms with van der Waals surface area (Å²) in [7, 11) is 0. The van der Waals surface area contributed by atoms with Crippen LogP contribution in [0.5, 0.6) is 0 Å². The largest absolute Gasteiger partial charge is 0.387 e. The van der Waals surface area contributed by atoms with E-state index in [0.717, 1.165) is 18.5 Å². The topological polar surface area (TPSA) is 32.3 Å². The van der Waals surface area contributed by atoms with Crippen molar-refractivity contribution in [1.29, 1.82) is 0 Å². The van der Waals surface area contributed by atoms with Crippen molar-refractivity contribution in [3.05, 3.63) is 35.4 Å². The van der Waals surface area contributed by atoms with Crippen LogP contribution < -0.4 is 5.32 Å². The highest BCUT2D eigenvalue weighted by atomic mass is 16.3. The van der Waals surface area contributed by atoms with Crippen LogP contribution in [0.2, 0.25) is 0 Å². The van der Waals surface area contributed by atoms with Crippen molar-refractivity contribution in [3.63, 3.8) is 0 Å². The molecular formula is C15H23NO. The Morgan fingerprint density at radius 2 is 1.88 bits per heavy atom. The highest BCUT2D eigenvalue weighted by molar-refractivity contribution is 5.29. The third-order valence-electron chi connectivity index (χ3n) is 3.60. The van der Waals surface area contributed by atoms with E-state index in [4.69, 9.17) is 0 Å². The van der Waals surface area contributed by atoms with Crippen LogP contribution in [-0.2, 0) is 5.41 Å². The zero-order chi connectivity index (χ0) is 12.5. The molecule has 94 valence electrons. The van der Waals surface area contributed by atoms with E-state index in [1.54, 1.807) is 0 Å². The first-order valence-corrected chi connectivity index (χ1v) is 6.50. The van der Waals surface area contributed by atoms with E-state index in [0.29, 0.717) is 0 Å². The van der Waals surface area contributed by atoms with E-state index in [1.807, 2.05) is 0 Å². The van der Waals surface area contributed by atoms with Gasteiger partial charge in [0.1, 0.15) is 0 Å². The summed E-state index contributed by atoms with van der Waals surface area (Å²) in [5.41, 5.74) is 2.51. The minimum atomic E-state index is -0.369. The summed E-state index contributed by atoms with van der Waals surface area (Å²) in [6, 6.07) is 8.62. The van der Waals surface area contributed by atoms with Crippen molar-refractivity contribution in [3.8, 4) is 0 Å². The minimum Gasteiger partial charge on any atom is -0.387 e. The number of nitrogens with one attached hydrogen (secondary N) is 1. The van der Waals surface area contributed by atoms with Gasteiger partial charge in [-0.05, 0) is 35.9 Å². The minimum absolute atomic E-state index is 0.176. The van der Waals surface area contributed by atoms with Gasteiger partial charge >= 0.3 is 0 Å². The molecule has 2 rings (SSSR count). The smallest absolute Gasteiger partial charge is 0.0942 e. The van der Waals surface area contributed by atoms with Crippen molar-refractivity contribution < 1.29 is 5.11 Å². The second-order valence-corrected chi connectivity index (χ2v) is 6.02. The maximum Gasteiger partial charge on any atom is 0.0942 e. The second kappa shape index (κ2) is 4.79. The molecule has 1 saturated heterocycles. The fourth-order valence-electron chi connectivity index (χ4n) is 2.39. The summed E-state index contributed by atoms with van der Waals surface area (Å²) in [5, 5.41) is 13.6. The van der Waals surface area contributed by atoms with Crippen LogP contribution in [0, 0.1) is 0 Å². The Balaban J connectivity index is 2.12. The Hall–Kier alpha value is -0.860. The monoisotopic (exact) mass is 233 g/mol. The molecule has 0 saturated carbocycles. The molecule has 0 amide bonds. The lowest BCUT2D eigenvalue weighted by Gasteiger charge is -2.22. The van der Waals surface area contributed by atoms with Crippen LogP contribution in [-0.4, -0.2) is 17.7 Å². The molecule has 1 aliphatic heterocycles. The number of hydrogen-bond donors (Lipinski definition) is 2. The van der Waals surface area contributed by atoms with Crippen molar-refractivity contribution in [2.45, 2.75) is 51.2 Å². The van der Waals surface area contributed by atoms with Gasteiger partial charge in [0.2, 0.25) is 0 Å². The first kappa shape index (κ1) is 12.6. The third kappa shape index (κ3) is 2.88. The molecule has 0 aliphatic carbocycles. The van der Waals surface area contributed by atoms with Crippen LogP contribution in [0.25, 0.3) is 0 Å². The molecule has 0 unspecified atom stereocenters. The van der Waals surface area contributed by atoms with Crippen LogP contribution in [0.15, 0.2) is 24.3 Å². The van der Waals surface area contributed by atoms with Crippen molar-refractivity contribution in [1.82, 2.24) is 5.32 Å². The number of aliphatic hydroxyl groups excluding tert-OH is 1. The summed E-state index contributed by atoms with van der Waals surface area (Å²) >= 11 is 0. The number of rotatable bonds is 2. The van der Waals surface area contributed by atoms with E-state index < -0.39 is 0 Å². The molecular weight excluding hydrogens is 210 g/mol. The molecule has 1 heterocycles. The third-order valence-corrected chi connectivity index (χ3v) is 3.60. The second-order valence-electron chi connectivity index (χ2n) is 6.02. The predicted molar refractivity (Wildman–Crippen MR) is 71.1 cm³/mol. The molecule has 2 heteroatoms. The Bertz CT molecular complexity index is 358. The summed E-state index contributed by atoms with van der Waals surface area (Å²) in [6.07, 6.45) is 1.87. The molecule has 1 fully saturated rings. The Kier molecular flexibility index (Phi) is 3.55. The standard InChI is InChI=1S/C15H23NO/c1-15(2,3)12-8-6-11(7-9-12)14(17)13-5-4-10-16-13/h6-9,13-14,16-17H,4-5,10H2,1-3H3/t13-,14+/m1/s1. The zero-order valence-electron chi connectivity index (χ0n) is 11.0. The lowest BCUT2D eigenvalue weighted by Crippen LogP contribution is -2.28. The van der Waals surface area contributed by atoms with Crippen molar-refractivity contribution in [2.75, 3.05) is 6.54 Å². The van der Waals surface area contributed by atoms with Gasteiger partial charge in [-0.2, -0.15) is 0 Å². The lowest BCUT2D eigenvalue weighted by molar-refractivity contribution is 0.137. The van der Waals surface area contributed by atoms with Gasteiger partial charge in [0.05, 0.1) is 6.10 Å². The average Bonchev–Trinajstić information content (AvgIpc) is 2.80. The molecule has 1 aliphatic rings. The van der Waals surface area contributed by atoms with Crippen LogP contribution in [0.3, 0.4) is 0 Å². The molecule has 0 aromatic heterocycles. The van der Waals surface area contributed by atoms with E-state index >= 15 is 0 Å². The Morgan fingerprint density at radius 1 is 1.24 bits per heavy atom. The Morgan fingerprint density at radius 3 is 2.35 bits per heavy atom. The lowest BCUT2D eigenvalue weighted by atomic mass is 9.86. The summed E-state index contributed by atoms with van der Waals surface area (Å²) in [6.45, 7) is 7.65. The van der Waals surface area contributed by atoms with Gasteiger partial charge in [0.25, 0.3) is 0 Å². The van der Waals surface area contributed by atoms with Gasteiger partial charge in [-0.3, -0.25) is 0 Å². The van der Waals surface area contributed by atoms with Gasteiger partial charge < -0.3 is 10.4 Å².